The van der Waals surface area contributed by atoms with Crippen molar-refractivity contribution in [3.63, 3.8) is 0 Å². The highest BCUT2D eigenvalue weighted by Crippen LogP contribution is 2.27. The van der Waals surface area contributed by atoms with E-state index in [9.17, 15) is 13.2 Å². The van der Waals surface area contributed by atoms with Crippen molar-refractivity contribution in [1.82, 2.24) is 19.5 Å². The number of fused-ring (bicyclic) bond motifs is 1. The number of hydrogen-bond donors (Lipinski definition) is 1. The molecule has 1 aliphatic carbocycles. The predicted molar refractivity (Wildman–Crippen MR) is 127 cm³/mol. The Morgan fingerprint density at radius 1 is 1.28 bits per heavy atom. The molecule has 2 aromatic rings. The van der Waals surface area contributed by atoms with Crippen molar-refractivity contribution < 1.29 is 13.2 Å². The van der Waals surface area contributed by atoms with Gasteiger partial charge in [-0.25, -0.2) is 13.1 Å². The molecule has 7 nitrogen and oxygen atoms in total. The molecule has 1 aliphatic rings. The minimum atomic E-state index is -3.27. The van der Waals surface area contributed by atoms with E-state index in [0.29, 0.717) is 29.7 Å². The van der Waals surface area contributed by atoms with Gasteiger partial charge in [0, 0.05) is 41.7 Å². The SMILES string of the molecule is C\C=C(/C=C\C1=C(/C)C(=O)c2cc(-c3cnn(C)c3)cnc2/C=C\C1)CCS(=O)(=O)NC. The first kappa shape index (κ1) is 23.6. The van der Waals surface area contributed by atoms with Gasteiger partial charge in [-0.1, -0.05) is 29.9 Å². The van der Waals surface area contributed by atoms with Crippen molar-refractivity contribution in [3.8, 4) is 11.1 Å². The van der Waals surface area contributed by atoms with Crippen molar-refractivity contribution in [1.29, 1.82) is 0 Å². The van der Waals surface area contributed by atoms with Gasteiger partial charge in [0.15, 0.2) is 5.78 Å². The maximum Gasteiger partial charge on any atom is 0.211 e. The maximum absolute atomic E-state index is 13.3. The molecule has 8 heteroatoms. The van der Waals surface area contributed by atoms with Crippen LogP contribution in [0.25, 0.3) is 17.2 Å². The van der Waals surface area contributed by atoms with Crippen molar-refractivity contribution in [3.05, 3.63) is 76.9 Å². The first-order chi connectivity index (χ1) is 15.2. The van der Waals surface area contributed by atoms with Crippen molar-refractivity contribution in [2.45, 2.75) is 26.7 Å². The molecule has 2 aromatic heterocycles. The third-order valence-electron chi connectivity index (χ3n) is 5.48. The molecule has 0 unspecified atom stereocenters. The highest BCUT2D eigenvalue weighted by Gasteiger charge is 2.19. The molecular weight excluding hydrogens is 424 g/mol. The fraction of sp³-hybridized carbons (Fsp3) is 0.292. The number of ketones is 1. The zero-order valence-electron chi connectivity index (χ0n) is 18.8. The fourth-order valence-corrected chi connectivity index (χ4v) is 4.10. The van der Waals surface area contributed by atoms with Crippen molar-refractivity contribution in [2.24, 2.45) is 7.05 Å². The summed E-state index contributed by atoms with van der Waals surface area (Å²) >= 11 is 0. The van der Waals surface area contributed by atoms with Crippen LogP contribution >= 0.6 is 0 Å². The second-order valence-electron chi connectivity index (χ2n) is 7.62. The van der Waals surface area contributed by atoms with Gasteiger partial charge in [-0.2, -0.15) is 5.10 Å². The fourth-order valence-electron chi connectivity index (χ4n) is 3.40. The van der Waals surface area contributed by atoms with E-state index in [2.05, 4.69) is 14.8 Å². The largest absolute Gasteiger partial charge is 0.289 e. The van der Waals surface area contributed by atoms with Crippen LogP contribution < -0.4 is 4.72 Å². The summed E-state index contributed by atoms with van der Waals surface area (Å²) in [5.41, 5.74) is 5.37. The van der Waals surface area contributed by atoms with Gasteiger partial charge in [0.1, 0.15) is 0 Å². The number of rotatable bonds is 7. The molecule has 168 valence electrons. The Bertz CT molecular complexity index is 1250. The molecular formula is C24H28N4O3S. The number of carbonyl (C=O) groups is 1. The van der Waals surface area contributed by atoms with Crippen LogP contribution in [0.5, 0.6) is 0 Å². The van der Waals surface area contributed by atoms with E-state index in [4.69, 9.17) is 0 Å². The summed E-state index contributed by atoms with van der Waals surface area (Å²) in [5, 5.41) is 4.19. The summed E-state index contributed by atoms with van der Waals surface area (Å²) in [6, 6.07) is 1.86. The van der Waals surface area contributed by atoms with Gasteiger partial charge >= 0.3 is 0 Å². The lowest BCUT2D eigenvalue weighted by Gasteiger charge is -2.13. The summed E-state index contributed by atoms with van der Waals surface area (Å²) in [5.74, 6) is -0.0531. The number of sulfonamides is 1. The number of aromatic nitrogens is 3. The third kappa shape index (κ3) is 5.57. The normalized spacial score (nSPS) is 18.5. The number of pyridine rings is 1. The van der Waals surface area contributed by atoms with Gasteiger partial charge in [-0.3, -0.25) is 14.5 Å². The molecule has 2 heterocycles. The molecule has 0 saturated carbocycles. The lowest BCUT2D eigenvalue weighted by molar-refractivity contribution is 0.103. The molecule has 0 radical (unpaired) electrons. The molecule has 0 atom stereocenters. The van der Waals surface area contributed by atoms with E-state index >= 15 is 0 Å². The number of aryl methyl sites for hydroxylation is 1. The monoisotopic (exact) mass is 452 g/mol. The molecule has 0 aliphatic heterocycles. The van der Waals surface area contributed by atoms with E-state index < -0.39 is 10.0 Å². The Hall–Kier alpha value is -3.10. The molecule has 0 bridgehead atoms. The van der Waals surface area contributed by atoms with Crippen LogP contribution in [0.1, 0.15) is 42.7 Å². The minimum absolute atomic E-state index is 0.0144. The molecule has 0 fully saturated rings. The highest BCUT2D eigenvalue weighted by molar-refractivity contribution is 7.89. The summed E-state index contributed by atoms with van der Waals surface area (Å²) < 4.78 is 27.5. The van der Waals surface area contributed by atoms with Crippen LogP contribution in [0.4, 0.5) is 0 Å². The van der Waals surface area contributed by atoms with E-state index in [1.54, 1.807) is 17.1 Å². The maximum atomic E-state index is 13.3. The summed E-state index contributed by atoms with van der Waals surface area (Å²) in [4.78, 5) is 17.8. The second kappa shape index (κ2) is 10.0. The zero-order valence-corrected chi connectivity index (χ0v) is 19.6. The first-order valence-electron chi connectivity index (χ1n) is 10.4. The molecule has 1 N–H and O–H groups in total. The van der Waals surface area contributed by atoms with Crippen LogP contribution in [0, 0.1) is 0 Å². The summed E-state index contributed by atoms with van der Waals surface area (Å²) in [7, 11) is -0.0173. The van der Waals surface area contributed by atoms with Gasteiger partial charge in [0.05, 0.1) is 17.6 Å². The minimum Gasteiger partial charge on any atom is -0.289 e. The van der Waals surface area contributed by atoms with Crippen LogP contribution in [0.2, 0.25) is 0 Å². The number of carbonyl (C=O) groups excluding carboxylic acids is 1. The standard InChI is InChI=1S/C24H28N4O3S/c1-5-18(11-12-32(30,31)25-3)9-10-19-7-6-8-23-22(24(29)17(19)2)13-20(14-26-23)21-15-27-28(4)16-21/h5-6,8-10,13-16,25H,7,11-12H2,1-4H3/b8-6-,10-9-,18-5+,19-17+. The van der Waals surface area contributed by atoms with Crippen LogP contribution in [-0.4, -0.2) is 41.8 Å². The van der Waals surface area contributed by atoms with Crippen molar-refractivity contribution >= 4 is 21.9 Å². The van der Waals surface area contributed by atoms with Gasteiger partial charge in [-0.15, -0.1) is 0 Å². The Kier molecular flexibility index (Phi) is 7.37. The predicted octanol–water partition coefficient (Wildman–Crippen LogP) is 3.84. The number of nitrogens with one attached hydrogen (secondary N) is 1. The van der Waals surface area contributed by atoms with Gasteiger partial charge in [0.25, 0.3) is 0 Å². The highest BCUT2D eigenvalue weighted by atomic mass is 32.2. The van der Waals surface area contributed by atoms with Crippen LogP contribution in [0.15, 0.2) is 65.7 Å². The molecule has 0 saturated heterocycles. The summed E-state index contributed by atoms with van der Waals surface area (Å²) in [6.07, 6.45) is 15.9. The molecule has 0 aromatic carbocycles. The van der Waals surface area contributed by atoms with E-state index in [1.807, 2.05) is 63.5 Å². The molecule has 32 heavy (non-hydrogen) atoms. The Balaban J connectivity index is 1.89. The Morgan fingerprint density at radius 2 is 2.06 bits per heavy atom. The smallest absolute Gasteiger partial charge is 0.211 e. The number of Topliss-reactive ketones (excluding diaryl/α,β-unsaturated/α-hetero) is 1. The van der Waals surface area contributed by atoms with E-state index in [1.165, 1.54) is 7.05 Å². The third-order valence-corrected chi connectivity index (χ3v) is 6.84. The number of nitrogens with zero attached hydrogens (tertiary/aromatic N) is 3. The lowest BCUT2D eigenvalue weighted by atomic mass is 9.92. The second-order valence-corrected chi connectivity index (χ2v) is 9.66. The number of allylic oxidation sites excluding steroid dienone is 7. The quantitative estimate of drug-likeness (QED) is 0.644. The average molecular weight is 453 g/mol. The molecule has 0 spiro atoms. The van der Waals surface area contributed by atoms with Crippen LogP contribution in [-0.2, 0) is 17.1 Å². The lowest BCUT2D eigenvalue weighted by Crippen LogP contribution is -2.22. The van der Waals surface area contributed by atoms with Gasteiger partial charge in [-0.05, 0) is 51.5 Å². The first-order valence-corrected chi connectivity index (χ1v) is 12.0. The topological polar surface area (TPSA) is 93.9 Å². The van der Waals surface area contributed by atoms with Gasteiger partial charge in [0.2, 0.25) is 10.0 Å². The van der Waals surface area contributed by atoms with E-state index in [-0.39, 0.29) is 11.5 Å². The molecule has 0 amide bonds. The van der Waals surface area contributed by atoms with Gasteiger partial charge < -0.3 is 0 Å². The van der Waals surface area contributed by atoms with Crippen molar-refractivity contribution in [2.75, 3.05) is 12.8 Å². The number of hydrogen-bond acceptors (Lipinski definition) is 5. The van der Waals surface area contributed by atoms with Crippen LogP contribution in [0.3, 0.4) is 0 Å². The molecule has 3 rings (SSSR count). The summed E-state index contributed by atoms with van der Waals surface area (Å²) in [6.45, 7) is 3.69. The van der Waals surface area contributed by atoms with E-state index in [0.717, 1.165) is 22.3 Å². The zero-order chi connectivity index (χ0) is 23.3. The average Bonchev–Trinajstić information content (AvgIpc) is 3.22. The Labute approximate surface area is 189 Å². The Morgan fingerprint density at radius 3 is 2.72 bits per heavy atom.